The Morgan fingerprint density at radius 3 is 2.43 bits per heavy atom. The Kier molecular flexibility index (Phi) is 3.85. The second-order valence-electron chi connectivity index (χ2n) is 7.71. The molecule has 0 bridgehead atoms. The summed E-state index contributed by atoms with van der Waals surface area (Å²) in [6.45, 7) is 4.58. The highest BCUT2D eigenvalue weighted by molar-refractivity contribution is 6.30. The van der Waals surface area contributed by atoms with Crippen LogP contribution in [0, 0.1) is 0 Å². The summed E-state index contributed by atoms with van der Waals surface area (Å²) >= 11 is 6.14. The zero-order valence-corrected chi connectivity index (χ0v) is 16.5. The first-order valence-electron chi connectivity index (χ1n) is 9.38. The maximum absolute atomic E-state index is 6.14. The maximum Gasteiger partial charge on any atom is 0.159 e. The third-order valence-electron chi connectivity index (χ3n) is 5.62. The number of hydrogen-bond acceptors (Lipinski definition) is 2. The molecule has 0 spiro atoms. The van der Waals surface area contributed by atoms with Gasteiger partial charge in [0.05, 0.1) is 5.69 Å². The van der Waals surface area contributed by atoms with Crippen molar-refractivity contribution in [1.82, 2.24) is 9.97 Å². The highest BCUT2D eigenvalue weighted by Gasteiger charge is 2.35. The number of fused-ring (bicyclic) bond motifs is 3. The third kappa shape index (κ3) is 2.64. The summed E-state index contributed by atoms with van der Waals surface area (Å²) in [6.07, 6.45) is 1.81. The van der Waals surface area contributed by atoms with E-state index in [4.69, 9.17) is 16.6 Å². The summed E-state index contributed by atoms with van der Waals surface area (Å²) in [6, 6.07) is 24.9. The van der Waals surface area contributed by atoms with Gasteiger partial charge in [0.1, 0.15) is 0 Å². The summed E-state index contributed by atoms with van der Waals surface area (Å²) in [5.41, 5.74) is 8.28. The molecule has 1 aliphatic rings. The summed E-state index contributed by atoms with van der Waals surface area (Å²) < 4.78 is 0. The number of rotatable bonds is 2. The van der Waals surface area contributed by atoms with Gasteiger partial charge in [-0.25, -0.2) is 9.97 Å². The van der Waals surface area contributed by atoms with Crippen molar-refractivity contribution >= 4 is 11.6 Å². The first-order chi connectivity index (χ1) is 13.5. The van der Waals surface area contributed by atoms with Gasteiger partial charge >= 0.3 is 0 Å². The van der Waals surface area contributed by atoms with Crippen LogP contribution in [0.4, 0.5) is 0 Å². The molecule has 3 heteroatoms. The molecule has 1 heterocycles. The average Bonchev–Trinajstić information content (AvgIpc) is 2.95. The molecule has 1 aliphatic carbocycles. The molecule has 0 aliphatic heterocycles. The summed E-state index contributed by atoms with van der Waals surface area (Å²) in [5, 5.41) is 0.684. The fraction of sp³-hybridized carbons (Fsp3) is 0.120. The largest absolute Gasteiger partial charge is 0.237 e. The lowest BCUT2D eigenvalue weighted by Gasteiger charge is -2.21. The van der Waals surface area contributed by atoms with Gasteiger partial charge in [-0.05, 0) is 46.5 Å². The Morgan fingerprint density at radius 1 is 0.750 bits per heavy atom. The molecule has 0 N–H and O–H groups in total. The first-order valence-corrected chi connectivity index (χ1v) is 9.75. The zero-order valence-electron chi connectivity index (χ0n) is 15.8. The van der Waals surface area contributed by atoms with Crippen LogP contribution in [0.25, 0.3) is 33.8 Å². The minimum Gasteiger partial charge on any atom is -0.237 e. The molecule has 1 aromatic heterocycles. The Morgan fingerprint density at radius 2 is 1.57 bits per heavy atom. The predicted molar refractivity (Wildman–Crippen MR) is 115 cm³/mol. The Hall–Kier alpha value is -2.97. The van der Waals surface area contributed by atoms with Crippen molar-refractivity contribution in [3.05, 3.63) is 95.1 Å². The van der Waals surface area contributed by atoms with Crippen LogP contribution in [-0.2, 0) is 5.41 Å². The van der Waals surface area contributed by atoms with Gasteiger partial charge in [0, 0.05) is 27.8 Å². The molecule has 5 rings (SSSR count). The number of nitrogens with zero attached hydrogens (tertiary/aromatic N) is 2. The van der Waals surface area contributed by atoms with E-state index in [-0.39, 0.29) is 5.41 Å². The minimum absolute atomic E-state index is 0.0231. The lowest BCUT2D eigenvalue weighted by molar-refractivity contribution is 0.660. The average molecular weight is 383 g/mol. The Balaban J connectivity index is 1.62. The summed E-state index contributed by atoms with van der Waals surface area (Å²) in [7, 11) is 0. The molecule has 0 saturated carbocycles. The van der Waals surface area contributed by atoms with Crippen LogP contribution in [-0.4, -0.2) is 9.97 Å². The van der Waals surface area contributed by atoms with E-state index >= 15 is 0 Å². The quantitative estimate of drug-likeness (QED) is 0.382. The zero-order chi connectivity index (χ0) is 19.3. The molecular weight excluding hydrogens is 364 g/mol. The Bertz CT molecular complexity index is 1210. The molecule has 0 fully saturated rings. The molecule has 3 aromatic carbocycles. The van der Waals surface area contributed by atoms with Gasteiger partial charge in [0.2, 0.25) is 0 Å². The van der Waals surface area contributed by atoms with E-state index < -0.39 is 0 Å². The number of halogens is 1. The van der Waals surface area contributed by atoms with E-state index in [2.05, 4.69) is 61.3 Å². The van der Waals surface area contributed by atoms with Crippen molar-refractivity contribution < 1.29 is 0 Å². The molecule has 2 nitrogen and oxygen atoms in total. The van der Waals surface area contributed by atoms with E-state index in [0.29, 0.717) is 10.8 Å². The van der Waals surface area contributed by atoms with Crippen molar-refractivity contribution in [2.24, 2.45) is 0 Å². The molecule has 0 saturated heterocycles. The van der Waals surface area contributed by atoms with Gasteiger partial charge in [0.25, 0.3) is 0 Å². The van der Waals surface area contributed by atoms with Crippen molar-refractivity contribution in [2.75, 3.05) is 0 Å². The summed E-state index contributed by atoms with van der Waals surface area (Å²) in [4.78, 5) is 9.25. The van der Waals surface area contributed by atoms with Gasteiger partial charge in [0.15, 0.2) is 5.82 Å². The van der Waals surface area contributed by atoms with Gasteiger partial charge < -0.3 is 0 Å². The van der Waals surface area contributed by atoms with E-state index in [1.54, 1.807) is 0 Å². The van der Waals surface area contributed by atoms with Gasteiger partial charge in [-0.3, -0.25) is 0 Å². The highest BCUT2D eigenvalue weighted by Crippen LogP contribution is 2.49. The molecular formula is C25H19ClN2. The van der Waals surface area contributed by atoms with E-state index in [9.17, 15) is 0 Å². The van der Waals surface area contributed by atoms with Crippen molar-refractivity contribution in [2.45, 2.75) is 19.3 Å². The minimum atomic E-state index is -0.0231. The SMILES string of the molecule is CC1(C)c2ccccc2-c2ccc(-c3ccnc(-c4cccc(Cl)c4)n3)cc21. The fourth-order valence-electron chi connectivity index (χ4n) is 4.15. The highest BCUT2D eigenvalue weighted by atomic mass is 35.5. The lowest BCUT2D eigenvalue weighted by Crippen LogP contribution is -2.14. The maximum atomic E-state index is 6.14. The normalized spacial score (nSPS) is 13.8. The van der Waals surface area contributed by atoms with E-state index in [1.165, 1.54) is 22.3 Å². The van der Waals surface area contributed by atoms with E-state index in [1.807, 2.05) is 36.5 Å². The number of benzene rings is 3. The first kappa shape index (κ1) is 17.2. The molecule has 4 aromatic rings. The molecule has 0 unspecified atom stereocenters. The van der Waals surface area contributed by atoms with Crippen LogP contribution in [0.1, 0.15) is 25.0 Å². The van der Waals surface area contributed by atoms with Crippen LogP contribution < -0.4 is 0 Å². The van der Waals surface area contributed by atoms with Crippen LogP contribution in [0.5, 0.6) is 0 Å². The number of hydrogen-bond donors (Lipinski definition) is 0. The van der Waals surface area contributed by atoms with Crippen LogP contribution in [0.3, 0.4) is 0 Å². The van der Waals surface area contributed by atoms with Crippen LogP contribution >= 0.6 is 11.6 Å². The second kappa shape index (κ2) is 6.29. The molecule has 0 radical (unpaired) electrons. The third-order valence-corrected chi connectivity index (χ3v) is 5.85. The smallest absolute Gasteiger partial charge is 0.159 e. The predicted octanol–water partition coefficient (Wildman–Crippen LogP) is 6.77. The van der Waals surface area contributed by atoms with E-state index in [0.717, 1.165) is 16.8 Å². The second-order valence-corrected chi connectivity index (χ2v) is 8.14. The van der Waals surface area contributed by atoms with Crippen LogP contribution in [0.15, 0.2) is 79.0 Å². The van der Waals surface area contributed by atoms with Crippen molar-refractivity contribution in [3.8, 4) is 33.8 Å². The monoisotopic (exact) mass is 382 g/mol. The molecule has 136 valence electrons. The molecule has 0 amide bonds. The number of aromatic nitrogens is 2. The summed E-state index contributed by atoms with van der Waals surface area (Å²) in [5.74, 6) is 0.683. The fourth-order valence-corrected chi connectivity index (χ4v) is 4.34. The van der Waals surface area contributed by atoms with Gasteiger partial charge in [-0.2, -0.15) is 0 Å². The van der Waals surface area contributed by atoms with Crippen molar-refractivity contribution in [1.29, 1.82) is 0 Å². The lowest BCUT2D eigenvalue weighted by atomic mass is 9.82. The van der Waals surface area contributed by atoms with Crippen molar-refractivity contribution in [3.63, 3.8) is 0 Å². The molecule has 0 atom stereocenters. The molecule has 28 heavy (non-hydrogen) atoms. The van der Waals surface area contributed by atoms with Gasteiger partial charge in [-0.15, -0.1) is 0 Å². The van der Waals surface area contributed by atoms with Crippen LogP contribution in [0.2, 0.25) is 5.02 Å². The Labute approximate surface area is 169 Å². The topological polar surface area (TPSA) is 25.8 Å². The van der Waals surface area contributed by atoms with Gasteiger partial charge in [-0.1, -0.05) is 74.0 Å². The standard InChI is InChI=1S/C25H19ClN2/c1-25(2)21-9-4-3-8-19(21)20-11-10-16(15-22(20)25)23-12-13-27-24(28-23)17-6-5-7-18(26)14-17/h3-15H,1-2H3.